The maximum Gasteiger partial charge on any atom is 0.220 e. The molecule has 0 amide bonds. The molecule has 0 spiro atoms. The molecule has 0 aliphatic rings. The number of halogens is 2. The van der Waals surface area contributed by atoms with Crippen molar-refractivity contribution < 1.29 is 12.8 Å². The summed E-state index contributed by atoms with van der Waals surface area (Å²) in [6.07, 6.45) is 1.12. The van der Waals surface area contributed by atoms with E-state index in [1.807, 2.05) is 0 Å². The smallest absolute Gasteiger partial charge is 0.212 e. The van der Waals surface area contributed by atoms with Crippen LogP contribution in [0.4, 0.5) is 4.39 Å². The van der Waals surface area contributed by atoms with Crippen LogP contribution >= 0.6 is 23.5 Å². The highest BCUT2D eigenvalue weighted by atomic mass is 35.5. The van der Waals surface area contributed by atoms with Gasteiger partial charge >= 0.3 is 0 Å². The molecule has 22 heavy (non-hydrogen) atoms. The molecule has 118 valence electrons. The Balaban J connectivity index is 2.46. The van der Waals surface area contributed by atoms with Gasteiger partial charge in [0.2, 0.25) is 10.0 Å². The molecule has 0 atom stereocenters. The van der Waals surface area contributed by atoms with Crippen molar-refractivity contribution in [3.63, 3.8) is 0 Å². The first-order valence-electron chi connectivity index (χ1n) is 6.37. The van der Waals surface area contributed by atoms with Gasteiger partial charge in [0.15, 0.2) is 0 Å². The van der Waals surface area contributed by atoms with Crippen molar-refractivity contribution in [3.8, 4) is 11.1 Å². The first-order chi connectivity index (χ1) is 10.2. The molecule has 0 radical (unpaired) electrons. The minimum atomic E-state index is -3.31. The lowest BCUT2D eigenvalue weighted by molar-refractivity contribution is 0.571. The molecular formula is C15H15ClFNO2S2. The normalized spacial score (nSPS) is 11.9. The molecule has 0 heterocycles. The molecule has 2 aromatic carbocycles. The summed E-state index contributed by atoms with van der Waals surface area (Å²) in [7, 11) is -1.85. The van der Waals surface area contributed by atoms with E-state index in [0.717, 1.165) is 21.9 Å². The van der Waals surface area contributed by atoms with Gasteiger partial charge in [-0.3, -0.25) is 0 Å². The standard InChI is InChI=1S/C15H15ClFNO2S2/c1-10-5-4-6-12(15(10)17)13-9-11(7-8-14(13)16)21-18(2)22(3,19)20/h4-9H,1-3H3. The SMILES string of the molecule is Cc1cccc(-c2cc(SN(C)S(C)(=O)=O)ccc2Cl)c1F. The predicted molar refractivity (Wildman–Crippen MR) is 90.0 cm³/mol. The molecule has 0 unspecified atom stereocenters. The van der Waals surface area contributed by atoms with E-state index in [1.165, 1.54) is 7.05 Å². The zero-order chi connectivity index (χ0) is 16.5. The maximum absolute atomic E-state index is 14.3. The van der Waals surface area contributed by atoms with Crippen LogP contribution < -0.4 is 0 Å². The minimum absolute atomic E-state index is 0.331. The van der Waals surface area contributed by atoms with Gasteiger partial charge in [-0.2, -0.15) is 0 Å². The molecular weight excluding hydrogens is 345 g/mol. The van der Waals surface area contributed by atoms with Gasteiger partial charge < -0.3 is 0 Å². The Labute approximate surface area is 139 Å². The Morgan fingerprint density at radius 2 is 1.86 bits per heavy atom. The third-order valence-electron chi connectivity index (χ3n) is 3.12. The highest BCUT2D eigenvalue weighted by Crippen LogP contribution is 2.35. The fourth-order valence-electron chi connectivity index (χ4n) is 1.84. The Morgan fingerprint density at radius 3 is 2.50 bits per heavy atom. The summed E-state index contributed by atoms with van der Waals surface area (Å²) in [5.41, 5.74) is 1.46. The van der Waals surface area contributed by atoms with Crippen molar-refractivity contribution in [2.24, 2.45) is 0 Å². The average Bonchev–Trinajstić information content (AvgIpc) is 2.43. The van der Waals surface area contributed by atoms with Crippen LogP contribution in [-0.4, -0.2) is 25.4 Å². The zero-order valence-corrected chi connectivity index (χ0v) is 14.7. The number of nitrogens with zero attached hydrogens (tertiary/aromatic N) is 1. The minimum Gasteiger partial charge on any atom is -0.212 e. The van der Waals surface area contributed by atoms with Crippen molar-refractivity contribution in [2.45, 2.75) is 11.8 Å². The van der Waals surface area contributed by atoms with Crippen LogP contribution in [0.3, 0.4) is 0 Å². The van der Waals surface area contributed by atoms with E-state index in [9.17, 15) is 12.8 Å². The third kappa shape index (κ3) is 3.81. The number of benzene rings is 2. The largest absolute Gasteiger partial charge is 0.220 e. The molecule has 0 fully saturated rings. The van der Waals surface area contributed by atoms with Crippen LogP contribution in [0.25, 0.3) is 11.1 Å². The highest BCUT2D eigenvalue weighted by Gasteiger charge is 2.15. The van der Waals surface area contributed by atoms with E-state index in [2.05, 4.69) is 0 Å². The van der Waals surface area contributed by atoms with Crippen LogP contribution in [0.5, 0.6) is 0 Å². The van der Waals surface area contributed by atoms with Gasteiger partial charge in [0.05, 0.1) is 6.26 Å². The maximum atomic E-state index is 14.3. The second-order valence-corrected chi connectivity index (χ2v) is 8.70. The molecule has 0 saturated heterocycles. The van der Waals surface area contributed by atoms with Gasteiger partial charge in [0, 0.05) is 28.1 Å². The first-order valence-corrected chi connectivity index (χ1v) is 9.37. The van der Waals surface area contributed by atoms with Gasteiger partial charge in [-0.05, 0) is 42.6 Å². The van der Waals surface area contributed by atoms with Crippen molar-refractivity contribution >= 4 is 33.6 Å². The molecule has 0 bridgehead atoms. The van der Waals surface area contributed by atoms with E-state index in [0.29, 0.717) is 26.6 Å². The topological polar surface area (TPSA) is 37.4 Å². The Morgan fingerprint density at radius 1 is 1.18 bits per heavy atom. The lowest BCUT2D eigenvalue weighted by atomic mass is 10.0. The van der Waals surface area contributed by atoms with Crippen molar-refractivity contribution in [1.29, 1.82) is 0 Å². The lowest BCUT2D eigenvalue weighted by Crippen LogP contribution is -2.17. The molecule has 0 saturated carbocycles. The van der Waals surface area contributed by atoms with Crippen molar-refractivity contribution in [2.75, 3.05) is 13.3 Å². The molecule has 3 nitrogen and oxygen atoms in total. The van der Waals surface area contributed by atoms with Gasteiger partial charge in [-0.1, -0.05) is 29.8 Å². The van der Waals surface area contributed by atoms with Crippen molar-refractivity contribution in [1.82, 2.24) is 3.71 Å². The van der Waals surface area contributed by atoms with Crippen LogP contribution in [-0.2, 0) is 10.0 Å². The molecule has 2 rings (SSSR count). The van der Waals surface area contributed by atoms with Crippen LogP contribution in [0, 0.1) is 12.7 Å². The van der Waals surface area contributed by atoms with E-state index < -0.39 is 10.0 Å². The highest BCUT2D eigenvalue weighted by molar-refractivity contribution is 8.08. The summed E-state index contributed by atoms with van der Waals surface area (Å²) < 4.78 is 38.4. The zero-order valence-electron chi connectivity index (χ0n) is 12.3. The van der Waals surface area contributed by atoms with Crippen molar-refractivity contribution in [3.05, 3.63) is 52.8 Å². The Bertz CT molecular complexity index is 809. The fourth-order valence-corrected chi connectivity index (χ4v) is 3.45. The monoisotopic (exact) mass is 359 g/mol. The van der Waals surface area contributed by atoms with E-state index >= 15 is 0 Å². The molecule has 0 aromatic heterocycles. The first kappa shape index (κ1) is 17.3. The molecule has 0 aliphatic carbocycles. The Hall–Kier alpha value is -1.08. The number of hydrogen-bond donors (Lipinski definition) is 0. The summed E-state index contributed by atoms with van der Waals surface area (Å²) in [5.74, 6) is -0.331. The van der Waals surface area contributed by atoms with Gasteiger partial charge in [-0.25, -0.2) is 12.8 Å². The third-order valence-corrected chi connectivity index (χ3v) is 6.14. The molecule has 0 aliphatic heterocycles. The number of hydrogen-bond acceptors (Lipinski definition) is 3. The van der Waals surface area contributed by atoms with Gasteiger partial charge in [0.1, 0.15) is 5.82 Å². The predicted octanol–water partition coefficient (Wildman–Crippen LogP) is 4.35. The Kier molecular flexibility index (Phi) is 5.17. The van der Waals surface area contributed by atoms with Gasteiger partial charge in [0.25, 0.3) is 0 Å². The summed E-state index contributed by atoms with van der Waals surface area (Å²) >= 11 is 7.22. The second-order valence-electron chi connectivity index (χ2n) is 4.84. The second kappa shape index (κ2) is 6.58. The molecule has 0 N–H and O–H groups in total. The lowest BCUT2D eigenvalue weighted by Gasteiger charge is -2.14. The number of sulfonamides is 1. The number of aryl methyl sites for hydroxylation is 1. The van der Waals surface area contributed by atoms with E-state index in [4.69, 9.17) is 11.6 Å². The summed E-state index contributed by atoms with van der Waals surface area (Å²) in [4.78, 5) is 0.660. The molecule has 7 heteroatoms. The van der Waals surface area contributed by atoms with Crippen LogP contribution in [0.1, 0.15) is 5.56 Å². The summed E-state index contributed by atoms with van der Waals surface area (Å²) in [5, 5.41) is 0.413. The summed E-state index contributed by atoms with van der Waals surface area (Å²) in [6.45, 7) is 1.68. The van der Waals surface area contributed by atoms with E-state index in [-0.39, 0.29) is 5.82 Å². The average molecular weight is 360 g/mol. The fraction of sp³-hybridized carbons (Fsp3) is 0.200. The molecule has 2 aromatic rings. The van der Waals surface area contributed by atoms with Crippen LogP contribution in [0.15, 0.2) is 41.3 Å². The number of rotatable bonds is 4. The van der Waals surface area contributed by atoms with E-state index in [1.54, 1.807) is 43.3 Å². The van der Waals surface area contributed by atoms with Crippen LogP contribution in [0.2, 0.25) is 5.02 Å². The van der Waals surface area contributed by atoms with Gasteiger partial charge in [-0.15, -0.1) is 3.71 Å². The quantitative estimate of drug-likeness (QED) is 0.761. The summed E-state index contributed by atoms with van der Waals surface area (Å²) in [6, 6.07) is 10.1.